The van der Waals surface area contributed by atoms with E-state index in [1.54, 1.807) is 18.3 Å². The van der Waals surface area contributed by atoms with Crippen molar-refractivity contribution in [1.82, 2.24) is 4.98 Å². The van der Waals surface area contributed by atoms with Gasteiger partial charge in [0.1, 0.15) is 5.71 Å². The Bertz CT molecular complexity index is 848. The molecular weight excluding hydrogens is 274 g/mol. The van der Waals surface area contributed by atoms with Crippen molar-refractivity contribution in [2.45, 2.75) is 6.92 Å². The van der Waals surface area contributed by atoms with Gasteiger partial charge in [0.2, 0.25) is 0 Å². The maximum Gasteiger partial charge on any atom is 0.177 e. The van der Waals surface area contributed by atoms with Crippen molar-refractivity contribution in [1.29, 1.82) is 5.41 Å². The lowest BCUT2D eigenvalue weighted by molar-refractivity contribution is -0.111. The van der Waals surface area contributed by atoms with Crippen molar-refractivity contribution < 1.29 is 4.79 Å². The minimum atomic E-state index is -0.235. The summed E-state index contributed by atoms with van der Waals surface area (Å²) in [5.41, 5.74) is 3.46. The van der Waals surface area contributed by atoms with Crippen molar-refractivity contribution in [2.24, 2.45) is 0 Å². The van der Waals surface area contributed by atoms with E-state index >= 15 is 0 Å². The monoisotopic (exact) mass is 289 g/mol. The molecule has 0 unspecified atom stereocenters. The molecule has 0 aliphatic carbocycles. The summed E-state index contributed by atoms with van der Waals surface area (Å²) in [5, 5.41) is 12.1. The van der Waals surface area contributed by atoms with E-state index in [-0.39, 0.29) is 11.5 Å². The number of carbonyl (C=O) groups is 1. The van der Waals surface area contributed by atoms with Gasteiger partial charge >= 0.3 is 0 Å². The number of nitrogens with one attached hydrogen (secondary N) is 2. The second-order valence-electron chi connectivity index (χ2n) is 5.01. The van der Waals surface area contributed by atoms with Gasteiger partial charge in [-0.3, -0.25) is 15.2 Å². The Labute approximate surface area is 128 Å². The lowest BCUT2D eigenvalue weighted by Gasteiger charge is -2.10. The molecule has 0 amide bonds. The zero-order valence-electron chi connectivity index (χ0n) is 12.1. The summed E-state index contributed by atoms with van der Waals surface area (Å²) in [6, 6.07) is 17.1. The third-order valence-electron chi connectivity index (χ3n) is 3.45. The number of anilines is 2. The summed E-state index contributed by atoms with van der Waals surface area (Å²) in [6.07, 6.45) is 1.77. The van der Waals surface area contributed by atoms with Crippen LogP contribution >= 0.6 is 0 Å². The molecule has 0 atom stereocenters. The smallest absolute Gasteiger partial charge is 0.177 e. The number of nitrogens with zero attached hydrogens (tertiary/aromatic N) is 1. The zero-order valence-corrected chi connectivity index (χ0v) is 12.1. The molecule has 2 N–H and O–H groups in total. The van der Waals surface area contributed by atoms with Gasteiger partial charge in [-0.05, 0) is 24.3 Å². The molecule has 2 aromatic carbocycles. The van der Waals surface area contributed by atoms with Crippen molar-refractivity contribution in [2.75, 3.05) is 5.32 Å². The number of benzene rings is 2. The van der Waals surface area contributed by atoms with Crippen molar-refractivity contribution >= 4 is 33.8 Å². The largest absolute Gasteiger partial charge is 0.355 e. The van der Waals surface area contributed by atoms with Crippen LogP contribution in [-0.4, -0.2) is 16.5 Å². The highest BCUT2D eigenvalue weighted by atomic mass is 16.1. The van der Waals surface area contributed by atoms with Crippen LogP contribution in [0.5, 0.6) is 0 Å². The average Bonchev–Trinajstić information content (AvgIpc) is 2.55. The minimum Gasteiger partial charge on any atom is -0.355 e. The van der Waals surface area contributed by atoms with Crippen LogP contribution in [0.15, 0.2) is 60.8 Å². The first-order chi connectivity index (χ1) is 10.6. The van der Waals surface area contributed by atoms with Gasteiger partial charge in [-0.1, -0.05) is 30.3 Å². The lowest BCUT2D eigenvalue weighted by Crippen LogP contribution is -2.09. The molecule has 0 saturated carbocycles. The SMILES string of the molecule is CC(=O)C(=N)c1ccc(Nc2ccnc3ccccc23)cc1. The third kappa shape index (κ3) is 2.72. The number of ketones is 1. The summed E-state index contributed by atoms with van der Waals surface area (Å²) < 4.78 is 0. The quantitative estimate of drug-likeness (QED) is 0.715. The van der Waals surface area contributed by atoms with Crippen LogP contribution < -0.4 is 5.32 Å². The Morgan fingerprint density at radius 3 is 2.50 bits per heavy atom. The first kappa shape index (κ1) is 13.9. The van der Waals surface area contributed by atoms with Crippen LogP contribution in [0, 0.1) is 5.41 Å². The zero-order chi connectivity index (χ0) is 15.5. The van der Waals surface area contributed by atoms with Gasteiger partial charge in [0.25, 0.3) is 0 Å². The normalized spacial score (nSPS) is 10.4. The van der Waals surface area contributed by atoms with E-state index in [1.165, 1.54) is 6.92 Å². The molecule has 0 bridgehead atoms. The standard InChI is InChI=1S/C18H15N3O/c1-12(22)18(19)13-6-8-14(9-7-13)21-17-10-11-20-16-5-3-2-4-15(16)17/h2-11,19H,1H3,(H,20,21). The lowest BCUT2D eigenvalue weighted by atomic mass is 10.1. The number of carbonyl (C=O) groups excluding carboxylic acids is 1. The Morgan fingerprint density at radius 1 is 1.05 bits per heavy atom. The molecule has 0 saturated heterocycles. The summed E-state index contributed by atoms with van der Waals surface area (Å²) in [4.78, 5) is 15.6. The van der Waals surface area contributed by atoms with Crippen molar-refractivity contribution in [3.05, 3.63) is 66.4 Å². The first-order valence-electron chi connectivity index (χ1n) is 6.96. The van der Waals surface area contributed by atoms with E-state index in [0.717, 1.165) is 22.3 Å². The van der Waals surface area contributed by atoms with E-state index in [0.29, 0.717) is 5.56 Å². The fraction of sp³-hybridized carbons (Fsp3) is 0.0556. The van der Waals surface area contributed by atoms with Crippen LogP contribution in [0.4, 0.5) is 11.4 Å². The minimum absolute atomic E-state index is 0.0286. The molecule has 22 heavy (non-hydrogen) atoms. The second kappa shape index (κ2) is 5.77. The predicted molar refractivity (Wildman–Crippen MR) is 89.0 cm³/mol. The number of rotatable bonds is 4. The predicted octanol–water partition coefficient (Wildman–Crippen LogP) is 3.94. The van der Waals surface area contributed by atoms with Crippen LogP contribution in [0.3, 0.4) is 0 Å². The number of aromatic nitrogens is 1. The van der Waals surface area contributed by atoms with E-state index in [9.17, 15) is 4.79 Å². The van der Waals surface area contributed by atoms with Crippen LogP contribution in [0.1, 0.15) is 12.5 Å². The number of fused-ring (bicyclic) bond motifs is 1. The highest BCUT2D eigenvalue weighted by Gasteiger charge is 2.07. The molecule has 4 heteroatoms. The van der Waals surface area contributed by atoms with Gasteiger partial charge in [-0.15, -0.1) is 0 Å². The Hall–Kier alpha value is -3.01. The molecule has 0 spiro atoms. The molecule has 0 aliphatic heterocycles. The van der Waals surface area contributed by atoms with Crippen molar-refractivity contribution in [3.63, 3.8) is 0 Å². The molecule has 3 rings (SSSR count). The second-order valence-corrected chi connectivity index (χ2v) is 5.01. The molecule has 0 fully saturated rings. The molecule has 3 aromatic rings. The van der Waals surface area contributed by atoms with Gasteiger partial charge in [0.05, 0.1) is 5.52 Å². The van der Waals surface area contributed by atoms with Gasteiger partial charge in [-0.25, -0.2) is 0 Å². The molecule has 108 valence electrons. The topological polar surface area (TPSA) is 65.8 Å². The van der Waals surface area contributed by atoms with Gasteiger partial charge in [0, 0.05) is 35.4 Å². The Balaban J connectivity index is 1.89. The number of hydrogen-bond donors (Lipinski definition) is 2. The van der Waals surface area contributed by atoms with E-state index in [1.807, 2.05) is 42.5 Å². The van der Waals surface area contributed by atoms with Crippen molar-refractivity contribution in [3.8, 4) is 0 Å². The van der Waals surface area contributed by atoms with Crippen LogP contribution in [-0.2, 0) is 4.79 Å². The fourth-order valence-electron chi connectivity index (χ4n) is 2.28. The number of hydrogen-bond acceptors (Lipinski definition) is 4. The van der Waals surface area contributed by atoms with E-state index in [2.05, 4.69) is 10.3 Å². The Kier molecular flexibility index (Phi) is 3.66. The van der Waals surface area contributed by atoms with Gasteiger partial charge in [0.15, 0.2) is 5.78 Å². The molecular formula is C18H15N3O. The number of Topliss-reactive ketones (excluding diaryl/α,β-unsaturated/α-hetero) is 1. The Morgan fingerprint density at radius 2 is 1.77 bits per heavy atom. The maximum absolute atomic E-state index is 11.2. The highest BCUT2D eigenvalue weighted by Crippen LogP contribution is 2.25. The highest BCUT2D eigenvalue weighted by molar-refractivity contribution is 6.44. The van der Waals surface area contributed by atoms with Crippen LogP contribution in [0.25, 0.3) is 10.9 Å². The van der Waals surface area contributed by atoms with Gasteiger partial charge in [-0.2, -0.15) is 0 Å². The molecule has 1 heterocycles. The number of para-hydroxylation sites is 1. The first-order valence-corrected chi connectivity index (χ1v) is 6.96. The number of pyridine rings is 1. The van der Waals surface area contributed by atoms with E-state index in [4.69, 9.17) is 5.41 Å². The molecule has 0 radical (unpaired) electrons. The summed E-state index contributed by atoms with van der Waals surface area (Å²) in [7, 11) is 0. The van der Waals surface area contributed by atoms with E-state index < -0.39 is 0 Å². The van der Waals surface area contributed by atoms with Crippen LogP contribution in [0.2, 0.25) is 0 Å². The summed E-state index contributed by atoms with van der Waals surface area (Å²) in [5.74, 6) is -0.235. The maximum atomic E-state index is 11.2. The van der Waals surface area contributed by atoms with Gasteiger partial charge < -0.3 is 5.32 Å². The molecule has 1 aromatic heterocycles. The average molecular weight is 289 g/mol. The summed E-state index contributed by atoms with van der Waals surface area (Å²) in [6.45, 7) is 1.40. The summed E-state index contributed by atoms with van der Waals surface area (Å²) >= 11 is 0. The third-order valence-corrected chi connectivity index (χ3v) is 3.45. The fourth-order valence-corrected chi connectivity index (χ4v) is 2.28. The molecule has 0 aliphatic rings. The molecule has 4 nitrogen and oxygen atoms in total.